The minimum atomic E-state index is -0.388. The van der Waals surface area contributed by atoms with Gasteiger partial charge in [-0.05, 0) is 42.8 Å². The Kier molecular flexibility index (Phi) is 6.28. The van der Waals surface area contributed by atoms with Crippen molar-refractivity contribution in [3.63, 3.8) is 0 Å². The molecule has 2 aromatic rings. The van der Waals surface area contributed by atoms with Gasteiger partial charge in [0.05, 0.1) is 11.2 Å². The van der Waals surface area contributed by atoms with Gasteiger partial charge in [0.2, 0.25) is 0 Å². The van der Waals surface area contributed by atoms with Gasteiger partial charge in [-0.3, -0.25) is 4.79 Å². The van der Waals surface area contributed by atoms with E-state index in [4.69, 9.17) is 39.5 Å². The molecule has 0 aliphatic heterocycles. The van der Waals surface area contributed by atoms with Crippen molar-refractivity contribution in [2.45, 2.75) is 6.92 Å². The second-order valence-electron chi connectivity index (χ2n) is 4.66. The van der Waals surface area contributed by atoms with Crippen LogP contribution in [0.3, 0.4) is 0 Å². The molecule has 0 saturated carbocycles. The summed E-state index contributed by atoms with van der Waals surface area (Å²) < 4.78 is 5.41. The number of benzene rings is 2. The van der Waals surface area contributed by atoms with Crippen molar-refractivity contribution < 1.29 is 9.53 Å². The van der Waals surface area contributed by atoms with Gasteiger partial charge in [-0.2, -0.15) is 5.10 Å². The molecule has 0 bridgehead atoms. The molecule has 0 fully saturated rings. The van der Waals surface area contributed by atoms with Gasteiger partial charge in [-0.1, -0.05) is 40.9 Å². The van der Waals surface area contributed by atoms with Crippen LogP contribution in [-0.4, -0.2) is 18.7 Å². The molecular formula is C16H13Cl3N2O2. The van der Waals surface area contributed by atoms with E-state index in [2.05, 4.69) is 10.5 Å². The minimum Gasteiger partial charge on any atom is -0.483 e. The zero-order valence-corrected chi connectivity index (χ0v) is 14.4. The van der Waals surface area contributed by atoms with E-state index in [0.717, 1.165) is 5.56 Å². The van der Waals surface area contributed by atoms with Gasteiger partial charge < -0.3 is 4.74 Å². The van der Waals surface area contributed by atoms with E-state index in [-0.39, 0.29) is 12.5 Å². The molecule has 0 aromatic heterocycles. The van der Waals surface area contributed by atoms with Gasteiger partial charge in [0, 0.05) is 15.6 Å². The lowest BCUT2D eigenvalue weighted by atomic mass is 10.2. The minimum absolute atomic E-state index is 0.159. The normalized spacial score (nSPS) is 10.8. The van der Waals surface area contributed by atoms with E-state index in [9.17, 15) is 4.79 Å². The molecule has 0 saturated heterocycles. The van der Waals surface area contributed by atoms with Gasteiger partial charge in [0.1, 0.15) is 5.75 Å². The molecule has 0 aliphatic carbocycles. The lowest BCUT2D eigenvalue weighted by Crippen LogP contribution is -2.24. The number of nitrogens with one attached hydrogen (secondary N) is 1. The number of hydrogen-bond acceptors (Lipinski definition) is 3. The Labute approximate surface area is 149 Å². The van der Waals surface area contributed by atoms with Crippen LogP contribution in [0.25, 0.3) is 0 Å². The average molecular weight is 372 g/mol. The van der Waals surface area contributed by atoms with E-state index in [1.54, 1.807) is 36.4 Å². The van der Waals surface area contributed by atoms with Crippen LogP contribution in [0.5, 0.6) is 5.75 Å². The van der Waals surface area contributed by atoms with Crippen molar-refractivity contribution in [3.8, 4) is 5.75 Å². The number of nitrogens with zero attached hydrogens (tertiary/aromatic N) is 1. The van der Waals surface area contributed by atoms with E-state index in [1.807, 2.05) is 6.92 Å². The predicted octanol–water partition coefficient (Wildman–Crippen LogP) is 4.48. The number of aryl methyl sites for hydroxylation is 1. The Balaban J connectivity index is 1.86. The van der Waals surface area contributed by atoms with Crippen LogP contribution >= 0.6 is 34.8 Å². The van der Waals surface area contributed by atoms with Crippen LogP contribution in [0.1, 0.15) is 11.1 Å². The third kappa shape index (κ3) is 5.43. The van der Waals surface area contributed by atoms with Crippen molar-refractivity contribution in [3.05, 3.63) is 62.6 Å². The Morgan fingerprint density at radius 1 is 1.17 bits per heavy atom. The van der Waals surface area contributed by atoms with Gasteiger partial charge in [-0.25, -0.2) is 5.43 Å². The largest absolute Gasteiger partial charge is 0.483 e. The highest BCUT2D eigenvalue weighted by atomic mass is 35.5. The number of halogens is 3. The molecule has 1 amide bonds. The highest BCUT2D eigenvalue weighted by molar-refractivity contribution is 6.36. The molecule has 7 heteroatoms. The quantitative estimate of drug-likeness (QED) is 0.622. The maximum atomic E-state index is 11.7. The fourth-order valence-electron chi connectivity index (χ4n) is 1.73. The first-order valence-electron chi connectivity index (χ1n) is 6.61. The molecule has 0 unspecified atom stereocenters. The topological polar surface area (TPSA) is 50.7 Å². The van der Waals surface area contributed by atoms with Crippen LogP contribution < -0.4 is 10.2 Å². The third-order valence-corrected chi connectivity index (χ3v) is 3.65. The molecule has 2 rings (SSSR count). The lowest BCUT2D eigenvalue weighted by Gasteiger charge is -2.08. The maximum absolute atomic E-state index is 11.7. The number of rotatable bonds is 5. The second kappa shape index (κ2) is 8.20. The standard InChI is InChI=1S/C16H13Cl3N2O2/c1-10-6-12(17)4-5-15(10)23-9-16(22)21-20-8-11-2-3-13(18)7-14(11)19/h2-8H,9H2,1H3,(H,21,22)/b20-8+. The summed E-state index contributed by atoms with van der Waals surface area (Å²) in [7, 11) is 0. The van der Waals surface area contributed by atoms with E-state index in [0.29, 0.717) is 26.4 Å². The highest BCUT2D eigenvalue weighted by Crippen LogP contribution is 2.21. The first-order valence-corrected chi connectivity index (χ1v) is 7.75. The molecule has 1 N–H and O–H groups in total. The number of hydrazone groups is 1. The van der Waals surface area contributed by atoms with Crippen LogP contribution in [0, 0.1) is 6.92 Å². The second-order valence-corrected chi connectivity index (χ2v) is 5.94. The summed E-state index contributed by atoms with van der Waals surface area (Å²) in [6.07, 6.45) is 1.43. The maximum Gasteiger partial charge on any atom is 0.277 e. The molecule has 23 heavy (non-hydrogen) atoms. The number of ether oxygens (including phenoxy) is 1. The third-order valence-electron chi connectivity index (χ3n) is 2.85. The number of carbonyl (C=O) groups excluding carboxylic acids is 1. The summed E-state index contributed by atoms with van der Waals surface area (Å²) in [5.41, 5.74) is 3.86. The van der Waals surface area contributed by atoms with Crippen molar-refractivity contribution in [2.24, 2.45) is 5.10 Å². The fraction of sp³-hybridized carbons (Fsp3) is 0.125. The van der Waals surface area contributed by atoms with Crippen molar-refractivity contribution in [2.75, 3.05) is 6.61 Å². The molecule has 0 spiro atoms. The van der Waals surface area contributed by atoms with Crippen LogP contribution in [-0.2, 0) is 4.79 Å². The molecule has 120 valence electrons. The fourth-order valence-corrected chi connectivity index (χ4v) is 2.41. The Bertz CT molecular complexity index is 748. The Hall–Kier alpha value is -1.75. The molecule has 0 radical (unpaired) electrons. The smallest absolute Gasteiger partial charge is 0.277 e. The van der Waals surface area contributed by atoms with Crippen molar-refractivity contribution >= 4 is 46.9 Å². The molecule has 2 aromatic carbocycles. The number of hydrogen-bond donors (Lipinski definition) is 1. The molecule has 0 heterocycles. The highest BCUT2D eigenvalue weighted by Gasteiger charge is 2.05. The van der Waals surface area contributed by atoms with Crippen molar-refractivity contribution in [1.82, 2.24) is 5.43 Å². The summed E-state index contributed by atoms with van der Waals surface area (Å²) in [6, 6.07) is 10.1. The van der Waals surface area contributed by atoms with Gasteiger partial charge in [-0.15, -0.1) is 0 Å². The first kappa shape index (κ1) is 17.6. The Morgan fingerprint density at radius 3 is 2.57 bits per heavy atom. The first-order chi connectivity index (χ1) is 11.0. The van der Waals surface area contributed by atoms with E-state index in [1.165, 1.54) is 6.21 Å². The summed E-state index contributed by atoms with van der Waals surface area (Å²) in [6.45, 7) is 1.69. The molecule has 0 aliphatic rings. The lowest BCUT2D eigenvalue weighted by molar-refractivity contribution is -0.123. The predicted molar refractivity (Wildman–Crippen MR) is 93.9 cm³/mol. The van der Waals surface area contributed by atoms with E-state index < -0.39 is 0 Å². The summed E-state index contributed by atoms with van der Waals surface area (Å²) in [5, 5.41) is 5.42. The van der Waals surface area contributed by atoms with Crippen LogP contribution in [0.2, 0.25) is 15.1 Å². The van der Waals surface area contributed by atoms with Crippen LogP contribution in [0.4, 0.5) is 0 Å². The van der Waals surface area contributed by atoms with Gasteiger partial charge >= 0.3 is 0 Å². The molecule has 0 atom stereocenters. The van der Waals surface area contributed by atoms with Crippen LogP contribution in [0.15, 0.2) is 41.5 Å². The molecule has 4 nitrogen and oxygen atoms in total. The van der Waals surface area contributed by atoms with E-state index >= 15 is 0 Å². The number of carbonyl (C=O) groups is 1. The zero-order valence-electron chi connectivity index (χ0n) is 12.1. The zero-order chi connectivity index (χ0) is 16.8. The van der Waals surface area contributed by atoms with Crippen molar-refractivity contribution in [1.29, 1.82) is 0 Å². The SMILES string of the molecule is Cc1cc(Cl)ccc1OCC(=O)N/N=C/c1ccc(Cl)cc1Cl. The Morgan fingerprint density at radius 2 is 1.87 bits per heavy atom. The average Bonchev–Trinajstić information content (AvgIpc) is 2.48. The summed E-state index contributed by atoms with van der Waals surface area (Å²) >= 11 is 17.6. The monoisotopic (exact) mass is 370 g/mol. The molecular weight excluding hydrogens is 359 g/mol. The van der Waals surface area contributed by atoms with Gasteiger partial charge in [0.25, 0.3) is 5.91 Å². The van der Waals surface area contributed by atoms with Gasteiger partial charge in [0.15, 0.2) is 6.61 Å². The number of amides is 1. The summed E-state index contributed by atoms with van der Waals surface area (Å²) in [4.78, 5) is 11.7. The summed E-state index contributed by atoms with van der Waals surface area (Å²) in [5.74, 6) is 0.204.